The van der Waals surface area contributed by atoms with E-state index < -0.39 is 12.3 Å². The Labute approximate surface area is 235 Å². The molecule has 40 heavy (non-hydrogen) atoms. The third-order valence-electron chi connectivity index (χ3n) is 8.37. The number of nitriles is 1. The lowest BCUT2D eigenvalue weighted by molar-refractivity contribution is -0.0703. The normalized spacial score (nSPS) is 26.6. The van der Waals surface area contributed by atoms with E-state index in [0.29, 0.717) is 47.4 Å². The maximum Gasteiger partial charge on any atom is 0.407 e. The molecule has 1 aromatic heterocycles. The highest BCUT2D eigenvalue weighted by molar-refractivity contribution is 5.68. The Morgan fingerprint density at radius 1 is 1.18 bits per heavy atom. The minimum absolute atomic E-state index is 0.000577. The molecule has 4 fully saturated rings. The van der Waals surface area contributed by atoms with Gasteiger partial charge in [-0.25, -0.2) is 14.2 Å². The first-order chi connectivity index (χ1) is 19.2. The number of hydrogen-bond acceptors (Lipinski definition) is 8. The Kier molecular flexibility index (Phi) is 8.02. The number of aromatic nitrogens is 2. The van der Waals surface area contributed by atoms with Gasteiger partial charge in [-0.1, -0.05) is 18.2 Å². The fourth-order valence-corrected chi connectivity index (χ4v) is 7.16. The van der Waals surface area contributed by atoms with E-state index in [1.807, 2.05) is 39.0 Å². The smallest absolute Gasteiger partial charge is 0.407 e. The monoisotopic (exact) mass is 550 g/mol. The molecule has 0 radical (unpaired) electrons. The summed E-state index contributed by atoms with van der Waals surface area (Å²) in [4.78, 5) is 21.5. The first kappa shape index (κ1) is 27.9. The predicted molar refractivity (Wildman–Crippen MR) is 150 cm³/mol. The molecule has 6 rings (SSSR count). The van der Waals surface area contributed by atoms with Crippen LogP contribution in [-0.2, 0) is 11.3 Å². The molecule has 5 atom stereocenters. The van der Waals surface area contributed by atoms with Gasteiger partial charge in [0.1, 0.15) is 42.1 Å². The van der Waals surface area contributed by atoms with Crippen LogP contribution in [0.4, 0.5) is 21.0 Å². The number of carbonyl (C=O) groups excluding carboxylic acids is 1. The summed E-state index contributed by atoms with van der Waals surface area (Å²) < 4.78 is 23.6. The topological polar surface area (TPSA) is 121 Å². The fraction of sp³-hybridized carbons (Fsp3) is 0.600. The average Bonchev–Trinajstić information content (AvgIpc) is 2.91. The Morgan fingerprint density at radius 2 is 1.93 bits per heavy atom. The quantitative estimate of drug-likeness (QED) is 0.358. The molecule has 1 heterocycles. The molecule has 4 bridgehead atoms. The van der Waals surface area contributed by atoms with Gasteiger partial charge in [-0.2, -0.15) is 10.2 Å². The Morgan fingerprint density at radius 3 is 2.62 bits per heavy atom. The standard InChI is InChI=1S/C30H39FN6O3/c1-29(2,3)40-28(38)36-25-21-10-19-11-22(25)14-30(12-19,13-21)18-35-26-23(15-32)17-34-27(37-26)33-16-20-6-4-5-7-24(20)39-9-8-31/h4-7,17,19,21-22,25H,8-14,16,18H2,1-3H3,(H,36,38)(H2,33,34,35,37)/t19?,21-,22+,25?,30?. The van der Waals surface area contributed by atoms with Crippen LogP contribution in [0.25, 0.3) is 0 Å². The number of amides is 1. The molecule has 3 unspecified atom stereocenters. The van der Waals surface area contributed by atoms with E-state index in [-0.39, 0.29) is 24.2 Å². The second-order valence-corrected chi connectivity index (χ2v) is 12.6. The molecule has 10 heteroatoms. The van der Waals surface area contributed by atoms with Crippen molar-refractivity contribution in [1.29, 1.82) is 5.26 Å². The molecule has 0 spiro atoms. The first-order valence-corrected chi connectivity index (χ1v) is 14.2. The van der Waals surface area contributed by atoms with Crippen molar-refractivity contribution in [2.24, 2.45) is 23.2 Å². The highest BCUT2D eigenvalue weighted by Gasteiger charge is 2.55. The number of nitrogens with one attached hydrogen (secondary N) is 3. The maximum absolute atomic E-state index is 12.6. The van der Waals surface area contributed by atoms with Crippen molar-refractivity contribution in [3.8, 4) is 11.8 Å². The maximum atomic E-state index is 12.6. The number of anilines is 2. The first-order valence-electron chi connectivity index (χ1n) is 14.2. The van der Waals surface area contributed by atoms with Crippen LogP contribution in [0.2, 0.25) is 0 Å². The molecule has 0 aliphatic heterocycles. The summed E-state index contributed by atoms with van der Waals surface area (Å²) in [6, 6.07) is 9.80. The molecule has 214 valence electrons. The second kappa shape index (κ2) is 11.5. The lowest BCUT2D eigenvalue weighted by Gasteiger charge is -2.60. The van der Waals surface area contributed by atoms with E-state index >= 15 is 0 Å². The Hall–Kier alpha value is -3.61. The van der Waals surface area contributed by atoms with E-state index in [1.54, 1.807) is 6.07 Å². The molecule has 1 amide bonds. The summed E-state index contributed by atoms with van der Waals surface area (Å²) in [6.07, 6.45) is 6.69. The van der Waals surface area contributed by atoms with Crippen LogP contribution >= 0.6 is 0 Å². The highest BCUT2D eigenvalue weighted by Crippen LogP contribution is 2.60. The van der Waals surface area contributed by atoms with Gasteiger partial charge in [0, 0.05) is 24.7 Å². The van der Waals surface area contributed by atoms with E-state index in [4.69, 9.17) is 9.47 Å². The van der Waals surface area contributed by atoms with Crippen molar-refractivity contribution in [2.45, 2.75) is 71.1 Å². The van der Waals surface area contributed by atoms with Crippen LogP contribution in [0.15, 0.2) is 30.5 Å². The van der Waals surface area contributed by atoms with E-state index in [0.717, 1.165) is 44.2 Å². The van der Waals surface area contributed by atoms with E-state index in [9.17, 15) is 14.4 Å². The number of rotatable bonds is 10. The molecule has 4 saturated carbocycles. The van der Waals surface area contributed by atoms with Gasteiger partial charge in [0.25, 0.3) is 0 Å². The van der Waals surface area contributed by atoms with Crippen molar-refractivity contribution in [1.82, 2.24) is 15.3 Å². The summed E-state index contributed by atoms with van der Waals surface area (Å²) in [7, 11) is 0. The number of halogens is 1. The summed E-state index contributed by atoms with van der Waals surface area (Å²) >= 11 is 0. The van der Waals surface area contributed by atoms with Crippen LogP contribution in [0, 0.1) is 34.5 Å². The summed E-state index contributed by atoms with van der Waals surface area (Å²) in [5, 5.41) is 19.6. The number of alkyl halides is 1. The zero-order valence-corrected chi connectivity index (χ0v) is 23.5. The molecular weight excluding hydrogens is 511 g/mol. The number of alkyl carbamates (subject to hydrolysis) is 1. The molecule has 4 aliphatic rings. The number of nitrogens with zero attached hydrogens (tertiary/aromatic N) is 3. The lowest BCUT2D eigenvalue weighted by Crippen LogP contribution is -2.60. The summed E-state index contributed by atoms with van der Waals surface area (Å²) in [5.74, 6) is 3.04. The third-order valence-corrected chi connectivity index (χ3v) is 8.37. The van der Waals surface area contributed by atoms with Crippen LogP contribution in [0.1, 0.15) is 64.0 Å². The van der Waals surface area contributed by atoms with Crippen molar-refractivity contribution in [2.75, 3.05) is 30.5 Å². The molecule has 1 aromatic carbocycles. The van der Waals surface area contributed by atoms with Gasteiger partial charge in [0.15, 0.2) is 0 Å². The largest absolute Gasteiger partial charge is 0.491 e. The van der Waals surface area contributed by atoms with Crippen molar-refractivity contribution < 1.29 is 18.7 Å². The van der Waals surface area contributed by atoms with Crippen LogP contribution in [-0.4, -0.2) is 47.5 Å². The molecule has 2 aromatic rings. The van der Waals surface area contributed by atoms with E-state index in [2.05, 4.69) is 32.0 Å². The highest BCUT2D eigenvalue weighted by atomic mass is 19.1. The minimum atomic E-state index is -0.555. The van der Waals surface area contributed by atoms with Gasteiger partial charge < -0.3 is 25.4 Å². The summed E-state index contributed by atoms with van der Waals surface area (Å²) in [5.41, 5.74) is 0.853. The van der Waals surface area contributed by atoms with Crippen LogP contribution in [0.3, 0.4) is 0 Å². The van der Waals surface area contributed by atoms with Gasteiger partial charge in [-0.05, 0) is 82.1 Å². The van der Waals surface area contributed by atoms with Crippen molar-refractivity contribution >= 4 is 17.9 Å². The van der Waals surface area contributed by atoms with Crippen molar-refractivity contribution in [3.05, 3.63) is 41.6 Å². The van der Waals surface area contributed by atoms with E-state index in [1.165, 1.54) is 6.20 Å². The third kappa shape index (κ3) is 6.40. The lowest BCUT2D eigenvalue weighted by atomic mass is 9.48. The molecule has 4 aliphatic carbocycles. The van der Waals surface area contributed by atoms with Gasteiger partial charge in [-0.15, -0.1) is 0 Å². The van der Waals surface area contributed by atoms with Crippen LogP contribution < -0.4 is 20.7 Å². The number of benzene rings is 1. The minimum Gasteiger partial charge on any atom is -0.491 e. The fourth-order valence-electron chi connectivity index (χ4n) is 7.16. The van der Waals surface area contributed by atoms with Gasteiger partial charge in [0.2, 0.25) is 5.95 Å². The molecule has 0 saturated heterocycles. The van der Waals surface area contributed by atoms with Gasteiger partial charge in [-0.3, -0.25) is 0 Å². The zero-order valence-electron chi connectivity index (χ0n) is 23.5. The molecule has 3 N–H and O–H groups in total. The van der Waals surface area contributed by atoms with Gasteiger partial charge >= 0.3 is 6.09 Å². The zero-order chi connectivity index (χ0) is 28.3. The number of para-hydroxylation sites is 1. The number of hydrogen-bond donors (Lipinski definition) is 3. The second-order valence-electron chi connectivity index (χ2n) is 12.6. The van der Waals surface area contributed by atoms with Crippen molar-refractivity contribution in [3.63, 3.8) is 0 Å². The number of ether oxygens (including phenoxy) is 2. The number of carbonyl (C=O) groups is 1. The van der Waals surface area contributed by atoms with Crippen LogP contribution in [0.5, 0.6) is 5.75 Å². The Bertz CT molecular complexity index is 1240. The van der Waals surface area contributed by atoms with Gasteiger partial charge in [0.05, 0.1) is 6.20 Å². The molecular formula is C30H39FN6O3. The Balaban J connectivity index is 1.23. The predicted octanol–water partition coefficient (Wildman–Crippen LogP) is 5.44. The molecule has 9 nitrogen and oxygen atoms in total. The summed E-state index contributed by atoms with van der Waals surface area (Å²) in [6.45, 7) is 6.22. The SMILES string of the molecule is CC(C)(C)OC(=O)NC1[C@@H]2CC3C[C@H]1CC(CNc1nc(NCc4ccccc4OCCF)ncc1C#N)(C3)C2. The average molecular weight is 551 g/mol.